The summed E-state index contributed by atoms with van der Waals surface area (Å²) in [5, 5.41) is 0. The first-order valence-corrected chi connectivity index (χ1v) is 13.5. The summed E-state index contributed by atoms with van der Waals surface area (Å²) in [5.74, 6) is 3.03. The zero-order chi connectivity index (χ0) is 25.4. The lowest BCUT2D eigenvalue weighted by Gasteiger charge is -2.24. The van der Waals surface area contributed by atoms with Crippen molar-refractivity contribution in [2.24, 2.45) is 11.8 Å². The van der Waals surface area contributed by atoms with Crippen LogP contribution in [0.5, 0.6) is 0 Å². The van der Waals surface area contributed by atoms with Crippen LogP contribution in [0.15, 0.2) is 91.2 Å². The lowest BCUT2D eigenvalue weighted by molar-refractivity contribution is 0.597. The molecule has 0 bridgehead atoms. The Balaban J connectivity index is 1.43. The first kappa shape index (κ1) is 21.7. The molecular formula is C34H28N4. The Morgan fingerprint density at radius 1 is 0.947 bits per heavy atom. The SMILES string of the molecule is CC1(C)c2ncccc2-c2c3c(n(-c4cc(-c5ccccc5)nc(C5=CC6CC6C=C5)n4)c21)C=CC=CC3. The highest BCUT2D eigenvalue weighted by molar-refractivity contribution is 5.86. The summed E-state index contributed by atoms with van der Waals surface area (Å²) in [5.41, 5.74) is 10.4. The van der Waals surface area contributed by atoms with Gasteiger partial charge in [0.25, 0.3) is 0 Å². The Bertz CT molecular complexity index is 1750. The monoisotopic (exact) mass is 492 g/mol. The fraction of sp³-hybridized carbons (Fsp3) is 0.206. The smallest absolute Gasteiger partial charge is 0.161 e. The molecule has 1 aromatic carbocycles. The summed E-state index contributed by atoms with van der Waals surface area (Å²) in [6, 6.07) is 16.9. The molecule has 4 aliphatic carbocycles. The van der Waals surface area contributed by atoms with Gasteiger partial charge in [-0.15, -0.1) is 0 Å². The van der Waals surface area contributed by atoms with E-state index in [1.807, 2.05) is 6.20 Å². The molecule has 3 heterocycles. The highest BCUT2D eigenvalue weighted by Crippen LogP contribution is 2.53. The lowest BCUT2D eigenvalue weighted by atomic mass is 9.89. The second-order valence-electron chi connectivity index (χ2n) is 11.3. The summed E-state index contributed by atoms with van der Waals surface area (Å²) < 4.78 is 2.39. The quantitative estimate of drug-likeness (QED) is 0.300. The lowest BCUT2D eigenvalue weighted by Crippen LogP contribution is -2.22. The van der Waals surface area contributed by atoms with Crippen molar-refractivity contribution in [2.75, 3.05) is 0 Å². The molecule has 4 aliphatic rings. The average molecular weight is 493 g/mol. The van der Waals surface area contributed by atoms with Crippen LogP contribution in [0.25, 0.3) is 39.9 Å². The minimum absolute atomic E-state index is 0.265. The Morgan fingerprint density at radius 2 is 1.84 bits per heavy atom. The van der Waals surface area contributed by atoms with Gasteiger partial charge in [-0.3, -0.25) is 9.55 Å². The molecule has 4 heteroatoms. The summed E-state index contributed by atoms with van der Waals surface area (Å²) in [6.07, 6.45) is 19.7. The van der Waals surface area contributed by atoms with Crippen LogP contribution in [-0.2, 0) is 11.8 Å². The summed E-state index contributed by atoms with van der Waals surface area (Å²) in [4.78, 5) is 15.3. The number of pyridine rings is 1. The maximum Gasteiger partial charge on any atom is 0.161 e. The van der Waals surface area contributed by atoms with Crippen LogP contribution < -0.4 is 0 Å². The van der Waals surface area contributed by atoms with Gasteiger partial charge in [0.05, 0.1) is 17.1 Å². The van der Waals surface area contributed by atoms with Crippen molar-refractivity contribution in [3.8, 4) is 28.2 Å². The Hall–Kier alpha value is -4.31. The van der Waals surface area contributed by atoms with Crippen LogP contribution in [0.3, 0.4) is 0 Å². The van der Waals surface area contributed by atoms with Crippen molar-refractivity contribution < 1.29 is 0 Å². The molecule has 0 aliphatic heterocycles. The number of nitrogens with zero attached hydrogens (tertiary/aromatic N) is 4. The predicted octanol–water partition coefficient (Wildman–Crippen LogP) is 7.35. The Kier molecular flexibility index (Phi) is 4.49. The predicted molar refractivity (Wildman–Crippen MR) is 153 cm³/mol. The minimum atomic E-state index is -0.265. The van der Waals surface area contributed by atoms with Crippen LogP contribution in [-0.4, -0.2) is 19.5 Å². The van der Waals surface area contributed by atoms with Gasteiger partial charge in [-0.2, -0.15) is 0 Å². The maximum atomic E-state index is 5.28. The standard InChI is InChI=1S/C34H28N4/c1-34(2)31-26(13-9-17-35-31)30-25-12-7-4-8-14-28(25)38(32(30)34)29-20-27(21-10-5-3-6-11-21)36-33(37-29)23-16-15-22-18-24(22)19-23/h3-11,13-17,19-20,22,24H,12,18H2,1-2H3. The van der Waals surface area contributed by atoms with Crippen molar-refractivity contribution in [1.82, 2.24) is 19.5 Å². The van der Waals surface area contributed by atoms with Gasteiger partial charge < -0.3 is 0 Å². The largest absolute Gasteiger partial charge is 0.297 e. The zero-order valence-corrected chi connectivity index (χ0v) is 21.6. The van der Waals surface area contributed by atoms with E-state index < -0.39 is 0 Å². The van der Waals surface area contributed by atoms with E-state index >= 15 is 0 Å². The maximum absolute atomic E-state index is 5.28. The van der Waals surface area contributed by atoms with Crippen molar-refractivity contribution in [3.05, 3.63) is 120 Å². The van der Waals surface area contributed by atoms with Crippen LogP contribution in [0.2, 0.25) is 0 Å². The summed E-state index contributed by atoms with van der Waals surface area (Å²) >= 11 is 0. The normalized spacial score (nSPS) is 21.3. The molecule has 0 amide bonds. The van der Waals surface area contributed by atoms with E-state index in [2.05, 4.69) is 109 Å². The number of hydrogen-bond acceptors (Lipinski definition) is 3. The summed E-state index contributed by atoms with van der Waals surface area (Å²) in [7, 11) is 0. The molecule has 38 heavy (non-hydrogen) atoms. The number of aromatic nitrogens is 4. The highest BCUT2D eigenvalue weighted by Gasteiger charge is 2.43. The third-order valence-electron chi connectivity index (χ3n) is 8.47. The number of hydrogen-bond donors (Lipinski definition) is 0. The third-order valence-corrected chi connectivity index (χ3v) is 8.47. The van der Waals surface area contributed by atoms with E-state index in [0.717, 1.165) is 40.6 Å². The zero-order valence-electron chi connectivity index (χ0n) is 21.6. The molecule has 4 nitrogen and oxygen atoms in total. The van der Waals surface area contributed by atoms with Gasteiger partial charge in [0.2, 0.25) is 0 Å². The van der Waals surface area contributed by atoms with Gasteiger partial charge in [-0.1, -0.05) is 72.9 Å². The molecule has 4 aromatic rings. The topological polar surface area (TPSA) is 43.6 Å². The van der Waals surface area contributed by atoms with E-state index in [0.29, 0.717) is 11.8 Å². The van der Waals surface area contributed by atoms with E-state index in [9.17, 15) is 0 Å². The van der Waals surface area contributed by atoms with Crippen molar-refractivity contribution in [1.29, 1.82) is 0 Å². The molecular weight excluding hydrogens is 464 g/mol. The van der Waals surface area contributed by atoms with Crippen LogP contribution in [0, 0.1) is 11.8 Å². The van der Waals surface area contributed by atoms with Gasteiger partial charge in [0, 0.05) is 45.6 Å². The van der Waals surface area contributed by atoms with Gasteiger partial charge in [-0.25, -0.2) is 9.97 Å². The summed E-state index contributed by atoms with van der Waals surface area (Å²) in [6.45, 7) is 4.58. The fourth-order valence-corrected chi connectivity index (χ4v) is 6.51. The third kappa shape index (κ3) is 3.13. The van der Waals surface area contributed by atoms with E-state index in [4.69, 9.17) is 15.0 Å². The van der Waals surface area contributed by atoms with Gasteiger partial charge >= 0.3 is 0 Å². The van der Waals surface area contributed by atoms with Crippen LogP contribution in [0.4, 0.5) is 0 Å². The number of rotatable bonds is 3. The molecule has 1 fully saturated rings. The molecule has 2 unspecified atom stereocenters. The highest BCUT2D eigenvalue weighted by atomic mass is 15.1. The Labute approximate surface area is 222 Å². The molecule has 8 rings (SSSR count). The number of benzene rings is 1. The molecule has 0 N–H and O–H groups in total. The van der Waals surface area contributed by atoms with Gasteiger partial charge in [0.1, 0.15) is 5.82 Å². The van der Waals surface area contributed by atoms with Crippen molar-refractivity contribution in [3.63, 3.8) is 0 Å². The first-order chi connectivity index (χ1) is 18.6. The van der Waals surface area contributed by atoms with E-state index in [-0.39, 0.29) is 5.41 Å². The average Bonchev–Trinajstić information content (AvgIpc) is 3.67. The van der Waals surface area contributed by atoms with Crippen LogP contribution in [0.1, 0.15) is 48.7 Å². The van der Waals surface area contributed by atoms with Crippen molar-refractivity contribution >= 4 is 11.6 Å². The molecule has 2 atom stereocenters. The number of fused-ring (bicyclic) bond motifs is 6. The second-order valence-corrected chi connectivity index (χ2v) is 11.3. The molecule has 0 radical (unpaired) electrons. The molecule has 0 saturated heterocycles. The number of allylic oxidation sites excluding steroid dienone is 7. The van der Waals surface area contributed by atoms with Crippen LogP contribution >= 0.6 is 0 Å². The van der Waals surface area contributed by atoms with Gasteiger partial charge in [-0.05, 0) is 56.2 Å². The molecule has 184 valence electrons. The Morgan fingerprint density at radius 3 is 2.71 bits per heavy atom. The minimum Gasteiger partial charge on any atom is -0.297 e. The fourth-order valence-electron chi connectivity index (χ4n) is 6.51. The molecule has 1 saturated carbocycles. The first-order valence-electron chi connectivity index (χ1n) is 13.5. The van der Waals surface area contributed by atoms with Gasteiger partial charge in [0.15, 0.2) is 5.82 Å². The molecule has 0 spiro atoms. The van der Waals surface area contributed by atoms with Crippen molar-refractivity contribution in [2.45, 2.75) is 32.1 Å². The van der Waals surface area contributed by atoms with E-state index in [1.165, 1.54) is 34.5 Å². The molecule has 3 aromatic heterocycles. The van der Waals surface area contributed by atoms with E-state index in [1.54, 1.807) is 0 Å². The second kappa shape index (κ2) is 7.84.